The molecule has 2 aromatic rings. The first kappa shape index (κ1) is 16.9. The van der Waals surface area contributed by atoms with E-state index in [1.54, 1.807) is 0 Å². The molecule has 0 radical (unpaired) electrons. The summed E-state index contributed by atoms with van der Waals surface area (Å²) in [5.74, 6) is 0.299. The van der Waals surface area contributed by atoms with Crippen molar-refractivity contribution in [2.45, 2.75) is 13.3 Å². The lowest BCUT2D eigenvalue weighted by molar-refractivity contribution is -0.118. The lowest BCUT2D eigenvalue weighted by atomic mass is 10.2. The van der Waals surface area contributed by atoms with Crippen LogP contribution in [0.4, 0.5) is 5.69 Å². The molecule has 2 aromatic carbocycles. The molecule has 0 heterocycles. The van der Waals surface area contributed by atoms with E-state index in [9.17, 15) is 4.79 Å². The van der Waals surface area contributed by atoms with E-state index < -0.39 is 0 Å². The van der Waals surface area contributed by atoms with Crippen LogP contribution in [0.2, 0.25) is 15.1 Å². The average molecular weight is 359 g/mol. The van der Waals surface area contributed by atoms with E-state index in [1.165, 1.54) is 17.7 Å². The third kappa shape index (κ3) is 4.54. The van der Waals surface area contributed by atoms with E-state index in [0.29, 0.717) is 26.5 Å². The topological polar surface area (TPSA) is 38.3 Å². The number of carbonyl (C=O) groups excluding carboxylic acids is 1. The van der Waals surface area contributed by atoms with Crippen LogP contribution in [-0.2, 0) is 11.2 Å². The molecule has 1 N–H and O–H groups in total. The van der Waals surface area contributed by atoms with Crippen molar-refractivity contribution in [2.24, 2.45) is 0 Å². The standard InChI is InChI=1S/C16H14Cl3NO2/c1-2-10-3-5-11(6-4-10)22-9-16(21)20-15-8-13(18)12(17)7-14(15)19/h3-8H,2,9H2,1H3,(H,20,21). The molecule has 6 heteroatoms. The maximum atomic E-state index is 11.9. The Morgan fingerprint density at radius 3 is 2.32 bits per heavy atom. The van der Waals surface area contributed by atoms with Crippen molar-refractivity contribution in [3.8, 4) is 5.75 Å². The van der Waals surface area contributed by atoms with Gasteiger partial charge in [-0.3, -0.25) is 4.79 Å². The Balaban J connectivity index is 1.94. The number of carbonyl (C=O) groups is 1. The Morgan fingerprint density at radius 1 is 1.05 bits per heavy atom. The normalized spacial score (nSPS) is 10.4. The first-order chi connectivity index (χ1) is 10.5. The molecular weight excluding hydrogens is 345 g/mol. The van der Waals surface area contributed by atoms with E-state index in [-0.39, 0.29) is 12.5 Å². The van der Waals surface area contributed by atoms with Crippen molar-refractivity contribution in [1.29, 1.82) is 0 Å². The number of aryl methyl sites for hydroxylation is 1. The smallest absolute Gasteiger partial charge is 0.262 e. The Hall–Kier alpha value is -1.42. The zero-order chi connectivity index (χ0) is 16.1. The van der Waals surface area contributed by atoms with Crippen LogP contribution in [-0.4, -0.2) is 12.5 Å². The largest absolute Gasteiger partial charge is 0.484 e. The zero-order valence-corrected chi connectivity index (χ0v) is 14.1. The summed E-state index contributed by atoms with van der Waals surface area (Å²) in [4.78, 5) is 11.9. The second kappa shape index (κ2) is 7.73. The van der Waals surface area contributed by atoms with Gasteiger partial charge >= 0.3 is 0 Å². The van der Waals surface area contributed by atoms with Crippen LogP contribution < -0.4 is 10.1 Å². The van der Waals surface area contributed by atoms with Gasteiger partial charge in [0.2, 0.25) is 0 Å². The van der Waals surface area contributed by atoms with E-state index in [2.05, 4.69) is 12.2 Å². The summed E-state index contributed by atoms with van der Waals surface area (Å²) in [6.07, 6.45) is 0.955. The second-order valence-electron chi connectivity index (χ2n) is 4.58. The predicted molar refractivity (Wildman–Crippen MR) is 91.4 cm³/mol. The molecule has 0 spiro atoms. The Kier molecular flexibility index (Phi) is 5.95. The minimum Gasteiger partial charge on any atom is -0.484 e. The highest BCUT2D eigenvalue weighted by Gasteiger charge is 2.10. The molecule has 2 rings (SSSR count). The summed E-state index contributed by atoms with van der Waals surface area (Å²) >= 11 is 17.7. The molecule has 116 valence electrons. The summed E-state index contributed by atoms with van der Waals surface area (Å²) in [6, 6.07) is 10.6. The number of halogens is 3. The number of nitrogens with one attached hydrogen (secondary N) is 1. The average Bonchev–Trinajstić information content (AvgIpc) is 2.51. The third-order valence-corrected chi connectivity index (χ3v) is 4.02. The summed E-state index contributed by atoms with van der Waals surface area (Å²) in [5.41, 5.74) is 1.60. The molecule has 0 unspecified atom stereocenters. The number of amides is 1. The van der Waals surface area contributed by atoms with Crippen molar-refractivity contribution in [3.05, 3.63) is 57.0 Å². The van der Waals surface area contributed by atoms with Gasteiger partial charge in [0.25, 0.3) is 5.91 Å². The summed E-state index contributed by atoms with van der Waals surface area (Å²) < 4.78 is 5.42. The van der Waals surface area contributed by atoms with Gasteiger partial charge in [-0.15, -0.1) is 0 Å². The van der Waals surface area contributed by atoms with E-state index in [0.717, 1.165) is 6.42 Å². The molecule has 0 saturated heterocycles. The second-order valence-corrected chi connectivity index (χ2v) is 5.80. The van der Waals surface area contributed by atoms with Crippen molar-refractivity contribution in [1.82, 2.24) is 0 Å². The SMILES string of the molecule is CCc1ccc(OCC(=O)Nc2cc(Cl)c(Cl)cc2Cl)cc1. The molecule has 0 atom stereocenters. The van der Waals surface area contributed by atoms with Gasteiger partial charge < -0.3 is 10.1 Å². The first-order valence-electron chi connectivity index (χ1n) is 6.65. The molecule has 0 aliphatic rings. The van der Waals surface area contributed by atoms with Crippen LogP contribution in [0.1, 0.15) is 12.5 Å². The highest BCUT2D eigenvalue weighted by Crippen LogP contribution is 2.32. The fourth-order valence-electron chi connectivity index (χ4n) is 1.77. The van der Waals surface area contributed by atoms with Crippen LogP contribution in [0.25, 0.3) is 0 Å². The highest BCUT2D eigenvalue weighted by atomic mass is 35.5. The Labute approximate surface area is 144 Å². The van der Waals surface area contributed by atoms with Gasteiger partial charge in [0.05, 0.1) is 20.8 Å². The Morgan fingerprint density at radius 2 is 1.68 bits per heavy atom. The maximum Gasteiger partial charge on any atom is 0.262 e. The van der Waals surface area contributed by atoms with Crippen molar-refractivity contribution in [2.75, 3.05) is 11.9 Å². The maximum absolute atomic E-state index is 11.9. The molecule has 0 aliphatic carbocycles. The molecule has 0 saturated carbocycles. The Bertz CT molecular complexity index is 672. The number of benzene rings is 2. The molecule has 1 amide bonds. The van der Waals surface area contributed by atoms with Crippen molar-refractivity contribution >= 4 is 46.4 Å². The van der Waals surface area contributed by atoms with Crippen LogP contribution >= 0.6 is 34.8 Å². The zero-order valence-electron chi connectivity index (χ0n) is 11.8. The van der Waals surface area contributed by atoms with Crippen molar-refractivity contribution in [3.63, 3.8) is 0 Å². The number of hydrogen-bond acceptors (Lipinski definition) is 2. The summed E-state index contributed by atoms with van der Waals surface area (Å²) in [7, 11) is 0. The van der Waals surface area contributed by atoms with Crippen LogP contribution in [0, 0.1) is 0 Å². The predicted octanol–water partition coefficient (Wildman–Crippen LogP) is 5.23. The number of hydrogen-bond donors (Lipinski definition) is 1. The summed E-state index contributed by atoms with van der Waals surface area (Å²) in [5, 5.41) is 3.59. The van der Waals surface area contributed by atoms with Crippen LogP contribution in [0.15, 0.2) is 36.4 Å². The molecule has 0 aromatic heterocycles. The molecule has 0 fully saturated rings. The molecule has 0 bridgehead atoms. The molecule has 3 nitrogen and oxygen atoms in total. The van der Waals surface area contributed by atoms with Gasteiger partial charge in [-0.25, -0.2) is 0 Å². The molecule has 22 heavy (non-hydrogen) atoms. The fourth-order valence-corrected chi connectivity index (χ4v) is 2.37. The van der Waals surface area contributed by atoms with Crippen LogP contribution in [0.3, 0.4) is 0 Å². The van der Waals surface area contributed by atoms with Gasteiger partial charge in [-0.1, -0.05) is 53.9 Å². The number of ether oxygens (including phenoxy) is 1. The van der Waals surface area contributed by atoms with Gasteiger partial charge in [-0.05, 0) is 36.2 Å². The van der Waals surface area contributed by atoms with Crippen LogP contribution in [0.5, 0.6) is 5.75 Å². The number of anilines is 1. The van der Waals surface area contributed by atoms with E-state index in [4.69, 9.17) is 39.5 Å². The summed E-state index contributed by atoms with van der Waals surface area (Å²) in [6.45, 7) is 1.95. The van der Waals surface area contributed by atoms with Crippen molar-refractivity contribution < 1.29 is 9.53 Å². The van der Waals surface area contributed by atoms with Gasteiger partial charge in [0.15, 0.2) is 6.61 Å². The molecular formula is C16H14Cl3NO2. The first-order valence-corrected chi connectivity index (χ1v) is 7.79. The minimum absolute atomic E-state index is 0.123. The van der Waals surface area contributed by atoms with Gasteiger partial charge in [0, 0.05) is 0 Å². The fraction of sp³-hybridized carbons (Fsp3) is 0.188. The highest BCUT2D eigenvalue weighted by molar-refractivity contribution is 6.44. The minimum atomic E-state index is -0.333. The number of rotatable bonds is 5. The van der Waals surface area contributed by atoms with E-state index in [1.807, 2.05) is 24.3 Å². The third-order valence-electron chi connectivity index (χ3n) is 2.99. The quantitative estimate of drug-likeness (QED) is 0.743. The lowest BCUT2D eigenvalue weighted by Gasteiger charge is -2.10. The van der Waals surface area contributed by atoms with Gasteiger partial charge in [0.1, 0.15) is 5.75 Å². The van der Waals surface area contributed by atoms with E-state index >= 15 is 0 Å². The lowest BCUT2D eigenvalue weighted by Crippen LogP contribution is -2.20. The molecule has 0 aliphatic heterocycles. The monoisotopic (exact) mass is 357 g/mol. The van der Waals surface area contributed by atoms with Gasteiger partial charge in [-0.2, -0.15) is 0 Å².